The number of aryl methyl sites for hydroxylation is 1. The Balaban J connectivity index is 2.38. The summed E-state index contributed by atoms with van der Waals surface area (Å²) in [6.45, 7) is 2.19. The van der Waals surface area contributed by atoms with Crippen LogP contribution in [0.5, 0.6) is 23.0 Å². The predicted molar refractivity (Wildman–Crippen MR) is 118 cm³/mol. The third-order valence-electron chi connectivity index (χ3n) is 5.01. The Morgan fingerprint density at radius 3 is 1.76 bits per heavy atom. The van der Waals surface area contributed by atoms with E-state index in [1.54, 1.807) is 28.4 Å². The zero-order valence-corrected chi connectivity index (χ0v) is 17.7. The lowest BCUT2D eigenvalue weighted by Crippen LogP contribution is -2.00. The SMILES string of the molecule is CCCc1ccc(OC)c(-c2cc(OC)c(OC)c(OC)c2)c1-c1ccccc1. The molecule has 4 nitrogen and oxygen atoms in total. The molecule has 0 atom stereocenters. The highest BCUT2D eigenvalue weighted by molar-refractivity contribution is 5.91. The minimum atomic E-state index is 0.573. The first kappa shape index (κ1) is 20.6. The first-order valence-electron chi connectivity index (χ1n) is 9.74. The van der Waals surface area contributed by atoms with Gasteiger partial charge in [-0.15, -0.1) is 0 Å². The Labute approximate surface area is 173 Å². The average Bonchev–Trinajstić information content (AvgIpc) is 2.78. The normalized spacial score (nSPS) is 10.5. The topological polar surface area (TPSA) is 36.9 Å². The van der Waals surface area contributed by atoms with Crippen LogP contribution in [-0.4, -0.2) is 28.4 Å². The Hall–Kier alpha value is -3.14. The van der Waals surface area contributed by atoms with Crippen molar-refractivity contribution in [2.45, 2.75) is 19.8 Å². The fourth-order valence-corrected chi connectivity index (χ4v) is 3.72. The van der Waals surface area contributed by atoms with Crippen molar-refractivity contribution in [3.63, 3.8) is 0 Å². The smallest absolute Gasteiger partial charge is 0.203 e. The molecule has 0 radical (unpaired) electrons. The van der Waals surface area contributed by atoms with Gasteiger partial charge in [0.1, 0.15) is 5.75 Å². The van der Waals surface area contributed by atoms with Crippen molar-refractivity contribution in [2.24, 2.45) is 0 Å². The molecule has 0 fully saturated rings. The van der Waals surface area contributed by atoms with Crippen molar-refractivity contribution in [3.8, 4) is 45.3 Å². The molecule has 0 N–H and O–H groups in total. The summed E-state index contributed by atoms with van der Waals surface area (Å²) in [7, 11) is 6.57. The lowest BCUT2D eigenvalue weighted by atomic mass is 9.88. The number of hydrogen-bond acceptors (Lipinski definition) is 4. The molecule has 0 unspecified atom stereocenters. The molecule has 3 aromatic carbocycles. The molecule has 0 bridgehead atoms. The van der Waals surface area contributed by atoms with Gasteiger partial charge in [0, 0.05) is 5.56 Å². The first-order valence-corrected chi connectivity index (χ1v) is 9.74. The zero-order chi connectivity index (χ0) is 20.8. The second-order valence-corrected chi connectivity index (χ2v) is 6.71. The van der Waals surface area contributed by atoms with Crippen LogP contribution in [0.15, 0.2) is 54.6 Å². The van der Waals surface area contributed by atoms with Crippen LogP contribution in [0, 0.1) is 0 Å². The van der Waals surface area contributed by atoms with Crippen LogP contribution in [0.25, 0.3) is 22.3 Å². The Morgan fingerprint density at radius 2 is 1.24 bits per heavy atom. The lowest BCUT2D eigenvalue weighted by Gasteiger charge is -2.21. The minimum absolute atomic E-state index is 0.573. The lowest BCUT2D eigenvalue weighted by molar-refractivity contribution is 0.324. The summed E-state index contributed by atoms with van der Waals surface area (Å²) in [4.78, 5) is 0. The van der Waals surface area contributed by atoms with Gasteiger partial charge in [0.15, 0.2) is 11.5 Å². The highest BCUT2D eigenvalue weighted by Crippen LogP contribution is 2.47. The molecule has 0 aromatic heterocycles. The van der Waals surface area contributed by atoms with Crippen molar-refractivity contribution in [1.82, 2.24) is 0 Å². The van der Waals surface area contributed by atoms with Gasteiger partial charge in [-0.1, -0.05) is 49.7 Å². The standard InChI is InChI=1S/C25H28O4/c1-6-10-17-13-14-20(26-2)24(23(17)18-11-8-7-9-12-18)19-15-21(27-3)25(29-5)22(16-19)28-4/h7-9,11-16H,6,10H2,1-5H3. The zero-order valence-electron chi connectivity index (χ0n) is 17.7. The maximum absolute atomic E-state index is 5.79. The van der Waals surface area contributed by atoms with Crippen molar-refractivity contribution < 1.29 is 18.9 Å². The Bertz CT molecular complexity index is 939. The Kier molecular flexibility index (Phi) is 6.65. The number of benzene rings is 3. The molecule has 0 spiro atoms. The average molecular weight is 392 g/mol. The molecule has 4 heteroatoms. The molecule has 0 aliphatic rings. The van der Waals surface area contributed by atoms with Crippen LogP contribution < -0.4 is 18.9 Å². The van der Waals surface area contributed by atoms with Gasteiger partial charge in [0.2, 0.25) is 5.75 Å². The van der Waals surface area contributed by atoms with E-state index in [1.165, 1.54) is 11.1 Å². The van der Waals surface area contributed by atoms with E-state index in [1.807, 2.05) is 24.3 Å². The predicted octanol–water partition coefficient (Wildman–Crippen LogP) is 6.01. The van der Waals surface area contributed by atoms with Gasteiger partial charge >= 0.3 is 0 Å². The van der Waals surface area contributed by atoms with E-state index in [2.05, 4.69) is 37.3 Å². The molecule has 152 valence electrons. The van der Waals surface area contributed by atoms with E-state index in [4.69, 9.17) is 18.9 Å². The number of methoxy groups -OCH3 is 4. The summed E-state index contributed by atoms with van der Waals surface area (Å²) >= 11 is 0. The van der Waals surface area contributed by atoms with Gasteiger partial charge in [-0.05, 0) is 46.9 Å². The number of hydrogen-bond donors (Lipinski definition) is 0. The summed E-state index contributed by atoms with van der Waals surface area (Å²) in [5, 5.41) is 0. The van der Waals surface area contributed by atoms with E-state index in [0.29, 0.717) is 17.2 Å². The summed E-state index contributed by atoms with van der Waals surface area (Å²) in [6, 6.07) is 18.6. The van der Waals surface area contributed by atoms with Crippen LogP contribution >= 0.6 is 0 Å². The molecule has 0 aliphatic carbocycles. The van der Waals surface area contributed by atoms with Crippen molar-refractivity contribution >= 4 is 0 Å². The summed E-state index contributed by atoms with van der Waals surface area (Å²) in [6.07, 6.45) is 2.03. The molecule has 0 aliphatic heterocycles. The van der Waals surface area contributed by atoms with Gasteiger partial charge in [-0.25, -0.2) is 0 Å². The number of ether oxygens (including phenoxy) is 4. The molecule has 3 aromatic rings. The third-order valence-corrected chi connectivity index (χ3v) is 5.01. The summed E-state index contributed by atoms with van der Waals surface area (Å²) in [5.41, 5.74) is 5.57. The molecule has 0 saturated carbocycles. The molecular weight excluding hydrogens is 364 g/mol. The fourth-order valence-electron chi connectivity index (χ4n) is 3.72. The van der Waals surface area contributed by atoms with Crippen LogP contribution in [0.3, 0.4) is 0 Å². The summed E-state index contributed by atoms with van der Waals surface area (Å²) in [5.74, 6) is 2.61. The highest BCUT2D eigenvalue weighted by atomic mass is 16.5. The molecule has 29 heavy (non-hydrogen) atoms. The molecule has 0 amide bonds. The maximum Gasteiger partial charge on any atom is 0.203 e. The summed E-state index contributed by atoms with van der Waals surface area (Å²) < 4.78 is 22.5. The minimum Gasteiger partial charge on any atom is -0.496 e. The second kappa shape index (κ2) is 9.37. The van der Waals surface area contributed by atoms with Gasteiger partial charge in [-0.3, -0.25) is 0 Å². The van der Waals surface area contributed by atoms with Gasteiger partial charge < -0.3 is 18.9 Å². The van der Waals surface area contributed by atoms with Crippen LogP contribution in [0.1, 0.15) is 18.9 Å². The molecule has 3 rings (SSSR count). The number of rotatable bonds is 8. The molecule has 0 heterocycles. The van der Waals surface area contributed by atoms with Gasteiger partial charge in [0.25, 0.3) is 0 Å². The quantitative estimate of drug-likeness (QED) is 0.471. The Morgan fingerprint density at radius 1 is 0.621 bits per heavy atom. The van der Waals surface area contributed by atoms with E-state index in [9.17, 15) is 0 Å². The van der Waals surface area contributed by atoms with Crippen LogP contribution in [-0.2, 0) is 6.42 Å². The molecule has 0 saturated heterocycles. The first-order chi connectivity index (χ1) is 14.2. The van der Waals surface area contributed by atoms with Gasteiger partial charge in [0.05, 0.1) is 28.4 Å². The van der Waals surface area contributed by atoms with Crippen molar-refractivity contribution in [2.75, 3.05) is 28.4 Å². The van der Waals surface area contributed by atoms with Crippen LogP contribution in [0.2, 0.25) is 0 Å². The third kappa shape index (κ3) is 4.02. The van der Waals surface area contributed by atoms with Crippen molar-refractivity contribution in [1.29, 1.82) is 0 Å². The fraction of sp³-hybridized carbons (Fsp3) is 0.280. The van der Waals surface area contributed by atoms with Crippen LogP contribution in [0.4, 0.5) is 0 Å². The van der Waals surface area contributed by atoms with E-state index >= 15 is 0 Å². The monoisotopic (exact) mass is 392 g/mol. The van der Waals surface area contributed by atoms with E-state index < -0.39 is 0 Å². The highest BCUT2D eigenvalue weighted by Gasteiger charge is 2.21. The second-order valence-electron chi connectivity index (χ2n) is 6.71. The molecular formula is C25H28O4. The van der Waals surface area contributed by atoms with E-state index in [-0.39, 0.29) is 0 Å². The van der Waals surface area contributed by atoms with Gasteiger partial charge in [-0.2, -0.15) is 0 Å². The maximum atomic E-state index is 5.79. The van der Waals surface area contributed by atoms with Crippen molar-refractivity contribution in [3.05, 3.63) is 60.2 Å². The van der Waals surface area contributed by atoms with E-state index in [0.717, 1.165) is 35.3 Å². The largest absolute Gasteiger partial charge is 0.496 e.